The van der Waals surface area contributed by atoms with Gasteiger partial charge in [0.05, 0.1) is 0 Å². The van der Waals surface area contributed by atoms with Gasteiger partial charge in [0.2, 0.25) is 11.8 Å². The van der Waals surface area contributed by atoms with Crippen LogP contribution in [0.15, 0.2) is 54.6 Å². The number of alkyl carbamates (subject to hydrolysis) is 1. The molecule has 8 heteroatoms. The minimum absolute atomic E-state index is 0.279. The second-order valence-corrected chi connectivity index (χ2v) is 12.4. The smallest absolute Gasteiger partial charge is 0.408 e. The van der Waals surface area contributed by atoms with E-state index in [-0.39, 0.29) is 11.8 Å². The summed E-state index contributed by atoms with van der Waals surface area (Å²) in [4.78, 5) is 42.7. The molecule has 2 aromatic carbocycles. The summed E-state index contributed by atoms with van der Waals surface area (Å²) in [6.45, 7) is 13.6. The lowest BCUT2D eigenvalue weighted by Crippen LogP contribution is -2.59. The summed E-state index contributed by atoms with van der Waals surface area (Å²) in [6, 6.07) is 15.6. The van der Waals surface area contributed by atoms with Crippen molar-refractivity contribution in [3.05, 3.63) is 71.3 Å². The SMILES string of the molecule is CCC(C)(C)N(C(=O)C(CCSC)NC(=O)OC(C)(C)C)C(C(=O)NCc1ccccc1)c1ccc(C)cc1. The largest absolute Gasteiger partial charge is 0.444 e. The Hall–Kier alpha value is -3.00. The number of carbonyl (C=O) groups excluding carboxylic acids is 3. The Labute approximate surface area is 238 Å². The van der Waals surface area contributed by atoms with Crippen LogP contribution in [0.3, 0.4) is 0 Å². The topological polar surface area (TPSA) is 87.7 Å². The van der Waals surface area contributed by atoms with Crippen molar-refractivity contribution in [2.45, 2.75) is 91.1 Å². The number of hydrogen-bond acceptors (Lipinski definition) is 5. The molecule has 0 fully saturated rings. The number of amides is 3. The van der Waals surface area contributed by atoms with Crippen molar-refractivity contribution in [3.63, 3.8) is 0 Å². The number of thioether (sulfide) groups is 1. The number of hydrogen-bond donors (Lipinski definition) is 2. The van der Waals surface area contributed by atoms with E-state index in [1.807, 2.05) is 88.5 Å². The number of ether oxygens (including phenoxy) is 1. The second kappa shape index (κ2) is 14.4. The average molecular weight is 556 g/mol. The first-order valence-electron chi connectivity index (χ1n) is 13.5. The average Bonchev–Trinajstić information content (AvgIpc) is 2.88. The van der Waals surface area contributed by atoms with Crippen molar-refractivity contribution in [1.29, 1.82) is 0 Å². The van der Waals surface area contributed by atoms with Crippen LogP contribution in [0, 0.1) is 6.92 Å². The third-order valence-corrected chi connectivity index (χ3v) is 7.21. The first kappa shape index (κ1) is 32.2. The van der Waals surface area contributed by atoms with E-state index in [4.69, 9.17) is 4.74 Å². The van der Waals surface area contributed by atoms with Gasteiger partial charge in [-0.3, -0.25) is 9.59 Å². The predicted octanol–water partition coefficient (Wildman–Crippen LogP) is 6.02. The first-order chi connectivity index (χ1) is 18.3. The summed E-state index contributed by atoms with van der Waals surface area (Å²) in [7, 11) is 0. The third-order valence-electron chi connectivity index (χ3n) is 6.56. The van der Waals surface area contributed by atoms with Crippen LogP contribution in [0.25, 0.3) is 0 Å². The monoisotopic (exact) mass is 555 g/mol. The molecule has 7 nitrogen and oxygen atoms in total. The molecule has 0 aromatic heterocycles. The molecule has 0 aliphatic carbocycles. The Balaban J connectivity index is 2.53. The number of nitrogens with one attached hydrogen (secondary N) is 2. The van der Waals surface area contributed by atoms with E-state index in [2.05, 4.69) is 10.6 Å². The second-order valence-electron chi connectivity index (χ2n) is 11.4. The number of nitrogens with zero attached hydrogens (tertiary/aromatic N) is 1. The maximum atomic E-state index is 14.4. The minimum Gasteiger partial charge on any atom is -0.444 e. The van der Waals surface area contributed by atoms with Crippen LogP contribution in [-0.4, -0.2) is 52.0 Å². The highest BCUT2D eigenvalue weighted by Crippen LogP contribution is 2.33. The maximum absolute atomic E-state index is 14.4. The molecule has 214 valence electrons. The van der Waals surface area contributed by atoms with Crippen molar-refractivity contribution in [2.24, 2.45) is 0 Å². The molecule has 0 spiro atoms. The van der Waals surface area contributed by atoms with Gasteiger partial charge in [-0.15, -0.1) is 0 Å². The van der Waals surface area contributed by atoms with Crippen molar-refractivity contribution < 1.29 is 19.1 Å². The lowest BCUT2D eigenvalue weighted by atomic mass is 9.91. The van der Waals surface area contributed by atoms with Crippen molar-refractivity contribution in [1.82, 2.24) is 15.5 Å². The summed E-state index contributed by atoms with van der Waals surface area (Å²) < 4.78 is 5.48. The van der Waals surface area contributed by atoms with Crippen LogP contribution in [0.4, 0.5) is 4.79 Å². The molecule has 0 saturated heterocycles. The van der Waals surface area contributed by atoms with E-state index < -0.39 is 29.3 Å². The molecular weight excluding hydrogens is 510 g/mol. The van der Waals surface area contributed by atoms with Gasteiger partial charge in [0.25, 0.3) is 0 Å². The van der Waals surface area contributed by atoms with Gasteiger partial charge < -0.3 is 20.3 Å². The standard InChI is InChI=1S/C31H45N3O4S/c1-9-31(6,7)34(28(36)25(19-20-39-8)33-29(37)38-30(3,4)5)26(24-17-15-22(2)16-18-24)27(35)32-21-23-13-11-10-12-14-23/h10-18,25-26H,9,19-21H2,1-8H3,(H,32,35)(H,33,37). The van der Waals surface area contributed by atoms with Crippen LogP contribution in [-0.2, 0) is 20.9 Å². The van der Waals surface area contributed by atoms with Crippen LogP contribution >= 0.6 is 11.8 Å². The summed E-state index contributed by atoms with van der Waals surface area (Å²) in [5.41, 5.74) is 1.33. The Morgan fingerprint density at radius 3 is 2.13 bits per heavy atom. The molecular formula is C31H45N3O4S. The van der Waals surface area contributed by atoms with Gasteiger partial charge >= 0.3 is 6.09 Å². The molecule has 0 heterocycles. The molecule has 0 saturated carbocycles. The number of aryl methyl sites for hydroxylation is 1. The summed E-state index contributed by atoms with van der Waals surface area (Å²) in [5.74, 6) is 0.0582. The van der Waals surface area contributed by atoms with E-state index in [1.165, 1.54) is 0 Å². The van der Waals surface area contributed by atoms with Gasteiger partial charge in [0, 0.05) is 12.1 Å². The fourth-order valence-electron chi connectivity index (χ4n) is 4.10. The molecule has 0 aliphatic heterocycles. The fourth-order valence-corrected chi connectivity index (χ4v) is 4.58. The van der Waals surface area contributed by atoms with Gasteiger partial charge in [0.15, 0.2) is 0 Å². The molecule has 3 amide bonds. The van der Waals surface area contributed by atoms with Gasteiger partial charge in [0.1, 0.15) is 17.7 Å². The number of carbonyl (C=O) groups is 3. The summed E-state index contributed by atoms with van der Waals surface area (Å²) >= 11 is 1.59. The van der Waals surface area contributed by atoms with E-state index in [0.717, 1.165) is 11.1 Å². The molecule has 2 rings (SSSR count). The van der Waals surface area contributed by atoms with Crippen LogP contribution < -0.4 is 10.6 Å². The zero-order valence-electron chi connectivity index (χ0n) is 24.7. The van der Waals surface area contributed by atoms with E-state index >= 15 is 0 Å². The highest BCUT2D eigenvalue weighted by atomic mass is 32.2. The lowest BCUT2D eigenvalue weighted by molar-refractivity contribution is -0.149. The fraction of sp³-hybridized carbons (Fsp3) is 0.516. The molecule has 39 heavy (non-hydrogen) atoms. The highest BCUT2D eigenvalue weighted by molar-refractivity contribution is 7.98. The lowest BCUT2D eigenvalue weighted by Gasteiger charge is -2.44. The van der Waals surface area contributed by atoms with Crippen LogP contribution in [0.1, 0.15) is 77.1 Å². The Morgan fingerprint density at radius 1 is 0.974 bits per heavy atom. The van der Waals surface area contributed by atoms with Gasteiger partial charge in [-0.05, 0) is 77.5 Å². The molecule has 2 N–H and O–H groups in total. The number of rotatable bonds is 12. The van der Waals surface area contributed by atoms with E-state index in [1.54, 1.807) is 37.4 Å². The summed E-state index contributed by atoms with van der Waals surface area (Å²) in [6.07, 6.45) is 2.31. The molecule has 2 atom stereocenters. The van der Waals surface area contributed by atoms with Crippen molar-refractivity contribution in [2.75, 3.05) is 12.0 Å². The Kier molecular flexibility index (Phi) is 11.9. The normalized spacial score (nSPS) is 13.2. The maximum Gasteiger partial charge on any atom is 0.408 e. The predicted molar refractivity (Wildman–Crippen MR) is 160 cm³/mol. The zero-order valence-corrected chi connectivity index (χ0v) is 25.5. The van der Waals surface area contributed by atoms with Gasteiger partial charge in [-0.25, -0.2) is 4.79 Å². The number of benzene rings is 2. The highest BCUT2D eigenvalue weighted by Gasteiger charge is 2.43. The molecule has 0 radical (unpaired) electrons. The van der Waals surface area contributed by atoms with E-state index in [9.17, 15) is 14.4 Å². The van der Waals surface area contributed by atoms with E-state index in [0.29, 0.717) is 30.7 Å². The molecule has 2 unspecified atom stereocenters. The molecule has 0 bridgehead atoms. The van der Waals surface area contributed by atoms with Gasteiger partial charge in [-0.1, -0.05) is 67.1 Å². The summed E-state index contributed by atoms with van der Waals surface area (Å²) in [5, 5.41) is 5.85. The molecule has 0 aliphatic rings. The minimum atomic E-state index is -0.894. The molecule has 2 aromatic rings. The van der Waals surface area contributed by atoms with Crippen LogP contribution in [0.5, 0.6) is 0 Å². The Bertz CT molecular complexity index is 1080. The van der Waals surface area contributed by atoms with Crippen LogP contribution in [0.2, 0.25) is 0 Å². The quantitative estimate of drug-likeness (QED) is 0.335. The zero-order chi connectivity index (χ0) is 29.2. The first-order valence-corrected chi connectivity index (χ1v) is 14.9. The van der Waals surface area contributed by atoms with Crippen molar-refractivity contribution >= 4 is 29.7 Å². The Morgan fingerprint density at radius 2 is 1.59 bits per heavy atom. The third kappa shape index (κ3) is 9.92. The van der Waals surface area contributed by atoms with Gasteiger partial charge in [-0.2, -0.15) is 11.8 Å². The van der Waals surface area contributed by atoms with Crippen molar-refractivity contribution in [3.8, 4) is 0 Å².